The van der Waals surface area contributed by atoms with Crippen molar-refractivity contribution in [3.05, 3.63) is 54.9 Å². The first kappa shape index (κ1) is 13.2. The highest BCUT2D eigenvalue weighted by atomic mass is 32.2. The summed E-state index contributed by atoms with van der Waals surface area (Å²) in [5, 5.41) is 10.6. The van der Waals surface area contributed by atoms with Gasteiger partial charge in [-0.3, -0.25) is 9.65 Å². The Kier molecular flexibility index (Phi) is 3.88. The van der Waals surface area contributed by atoms with Gasteiger partial charge in [-0.15, -0.1) is 5.10 Å². The lowest BCUT2D eigenvalue weighted by Gasteiger charge is -2.02. The number of aromatic nitrogens is 3. The average molecular weight is 277 g/mol. The van der Waals surface area contributed by atoms with Gasteiger partial charge >= 0.3 is 0 Å². The van der Waals surface area contributed by atoms with E-state index in [-0.39, 0.29) is 4.90 Å². The molecule has 0 spiro atoms. The zero-order valence-corrected chi connectivity index (χ0v) is 10.6. The molecule has 0 saturated carbocycles. The first-order chi connectivity index (χ1) is 9.09. The molecule has 0 aliphatic heterocycles. The third-order valence-corrected chi connectivity index (χ3v) is 3.27. The maximum Gasteiger partial charge on any atom is 0.295 e. The molecule has 0 bridgehead atoms. The summed E-state index contributed by atoms with van der Waals surface area (Å²) < 4.78 is 31.0. The van der Waals surface area contributed by atoms with E-state index in [1.165, 1.54) is 6.07 Å². The number of nitrogens with zero attached hydrogens (tertiary/aromatic N) is 2. The number of hydrogen-bond donors (Lipinski definition) is 2. The lowest BCUT2D eigenvalue weighted by Crippen LogP contribution is -1.98. The predicted octanol–water partition coefficient (Wildman–Crippen LogP) is 1.89. The number of hydrogen-bond acceptors (Lipinski definition) is 4. The second kappa shape index (κ2) is 5.59. The second-order valence-corrected chi connectivity index (χ2v) is 5.00. The van der Waals surface area contributed by atoms with Crippen LogP contribution in [0.4, 0.5) is 0 Å². The molecule has 1 aromatic heterocycles. The van der Waals surface area contributed by atoms with Crippen molar-refractivity contribution in [2.75, 3.05) is 0 Å². The fraction of sp³-hybridized carbons (Fsp3) is 0. The number of benzene rings is 2. The molecule has 0 unspecified atom stereocenters. The molecule has 0 amide bonds. The van der Waals surface area contributed by atoms with Gasteiger partial charge in [0.2, 0.25) is 0 Å². The Hall–Kier alpha value is -2.25. The minimum atomic E-state index is -4.13. The second-order valence-electron chi connectivity index (χ2n) is 3.61. The van der Waals surface area contributed by atoms with E-state index in [2.05, 4.69) is 15.4 Å². The fourth-order valence-electron chi connectivity index (χ4n) is 1.59. The maximum atomic E-state index is 11.0. The van der Waals surface area contributed by atoms with E-state index in [1.54, 1.807) is 42.7 Å². The van der Waals surface area contributed by atoms with Crippen LogP contribution in [0.3, 0.4) is 0 Å². The summed E-state index contributed by atoms with van der Waals surface area (Å²) in [7, 11) is -4.13. The average Bonchev–Trinajstić information content (AvgIpc) is 2.96. The molecule has 19 heavy (non-hydrogen) atoms. The molecule has 1 heterocycles. The van der Waals surface area contributed by atoms with Crippen LogP contribution >= 0.6 is 0 Å². The Morgan fingerprint density at radius 2 is 1.79 bits per heavy atom. The van der Waals surface area contributed by atoms with Crippen LogP contribution in [0.15, 0.2) is 59.8 Å². The lowest BCUT2D eigenvalue weighted by molar-refractivity contribution is 0.484. The standard InChI is InChI=1S/C10H8O3S.C2H3N3/c11-14(12,13)10-7-3-5-8-4-1-2-6-9(8)10;1-2-4-5-3-1/h1-7H,(H,11,12,13);1-2H,(H,3,4,5). The van der Waals surface area contributed by atoms with Crippen LogP contribution in [0.2, 0.25) is 0 Å². The summed E-state index contributed by atoms with van der Waals surface area (Å²) in [6, 6.07) is 11.8. The fourth-order valence-corrected chi connectivity index (χ4v) is 2.30. The molecule has 0 aliphatic carbocycles. The van der Waals surface area contributed by atoms with E-state index in [4.69, 9.17) is 4.55 Å². The van der Waals surface area contributed by atoms with Crippen LogP contribution < -0.4 is 0 Å². The SMILES string of the molecule is O=S(=O)(O)c1cccc2ccccc12.c1c[nH]nn1. The van der Waals surface area contributed by atoms with E-state index in [1.807, 2.05) is 6.07 Å². The van der Waals surface area contributed by atoms with Gasteiger partial charge in [0.05, 0.1) is 6.20 Å². The molecule has 0 radical (unpaired) electrons. The molecule has 7 heteroatoms. The van der Waals surface area contributed by atoms with E-state index in [9.17, 15) is 8.42 Å². The highest BCUT2D eigenvalue weighted by Gasteiger charge is 2.12. The lowest BCUT2D eigenvalue weighted by atomic mass is 10.1. The number of nitrogens with one attached hydrogen (secondary N) is 1. The normalized spacial score (nSPS) is 10.8. The van der Waals surface area contributed by atoms with Crippen molar-refractivity contribution < 1.29 is 13.0 Å². The Bertz CT molecular complexity index is 732. The summed E-state index contributed by atoms with van der Waals surface area (Å²) in [6.07, 6.45) is 3.24. The summed E-state index contributed by atoms with van der Waals surface area (Å²) in [4.78, 5) is -0.0457. The number of rotatable bonds is 1. The van der Waals surface area contributed by atoms with Crippen LogP contribution in [-0.4, -0.2) is 28.4 Å². The van der Waals surface area contributed by atoms with Crippen molar-refractivity contribution in [3.63, 3.8) is 0 Å². The predicted molar refractivity (Wildman–Crippen MR) is 70.1 cm³/mol. The van der Waals surface area contributed by atoms with Crippen molar-refractivity contribution in [1.29, 1.82) is 0 Å². The highest BCUT2D eigenvalue weighted by molar-refractivity contribution is 7.86. The molecule has 2 aromatic carbocycles. The van der Waals surface area contributed by atoms with Crippen molar-refractivity contribution in [2.24, 2.45) is 0 Å². The van der Waals surface area contributed by atoms with Gasteiger partial charge in [0.25, 0.3) is 10.1 Å². The van der Waals surface area contributed by atoms with Crippen LogP contribution in [0.5, 0.6) is 0 Å². The molecular formula is C12H11N3O3S. The Morgan fingerprint density at radius 1 is 1.05 bits per heavy atom. The van der Waals surface area contributed by atoms with E-state index in [0.29, 0.717) is 5.39 Å². The third kappa shape index (κ3) is 3.36. The summed E-state index contributed by atoms with van der Waals surface area (Å²) in [6.45, 7) is 0. The van der Waals surface area contributed by atoms with Crippen molar-refractivity contribution in [1.82, 2.24) is 15.4 Å². The summed E-state index contributed by atoms with van der Waals surface area (Å²) in [5.74, 6) is 0. The first-order valence-electron chi connectivity index (χ1n) is 5.35. The van der Waals surface area contributed by atoms with Crippen molar-refractivity contribution in [2.45, 2.75) is 4.90 Å². The third-order valence-electron chi connectivity index (χ3n) is 2.36. The van der Waals surface area contributed by atoms with Crippen LogP contribution in [0.25, 0.3) is 10.8 Å². The van der Waals surface area contributed by atoms with E-state index >= 15 is 0 Å². The molecular weight excluding hydrogens is 266 g/mol. The first-order valence-corrected chi connectivity index (χ1v) is 6.79. The molecule has 3 rings (SSSR count). The van der Waals surface area contributed by atoms with Gasteiger partial charge in [-0.2, -0.15) is 8.42 Å². The number of fused-ring (bicyclic) bond motifs is 1. The molecule has 98 valence electrons. The maximum absolute atomic E-state index is 11.0. The smallest absolute Gasteiger partial charge is 0.282 e. The van der Waals surface area contributed by atoms with Gasteiger partial charge in [0.15, 0.2) is 0 Å². The Morgan fingerprint density at radius 3 is 2.37 bits per heavy atom. The molecule has 0 aliphatic rings. The minimum Gasteiger partial charge on any atom is -0.282 e. The number of H-pyrrole nitrogens is 1. The topological polar surface area (TPSA) is 95.9 Å². The Balaban J connectivity index is 0.000000224. The van der Waals surface area contributed by atoms with Gasteiger partial charge in [-0.05, 0) is 11.5 Å². The van der Waals surface area contributed by atoms with E-state index < -0.39 is 10.1 Å². The summed E-state index contributed by atoms with van der Waals surface area (Å²) in [5.41, 5.74) is 0. The van der Waals surface area contributed by atoms with Crippen LogP contribution in [0, 0.1) is 0 Å². The molecule has 0 atom stereocenters. The largest absolute Gasteiger partial charge is 0.295 e. The zero-order valence-electron chi connectivity index (χ0n) is 9.76. The van der Waals surface area contributed by atoms with Gasteiger partial charge in [-0.25, -0.2) is 0 Å². The van der Waals surface area contributed by atoms with Gasteiger partial charge in [-0.1, -0.05) is 41.6 Å². The van der Waals surface area contributed by atoms with Crippen LogP contribution in [-0.2, 0) is 10.1 Å². The van der Waals surface area contributed by atoms with Gasteiger partial charge in [0.1, 0.15) is 4.90 Å². The van der Waals surface area contributed by atoms with Crippen LogP contribution in [0.1, 0.15) is 0 Å². The van der Waals surface area contributed by atoms with Crippen molar-refractivity contribution in [3.8, 4) is 0 Å². The van der Waals surface area contributed by atoms with Crippen molar-refractivity contribution >= 4 is 20.9 Å². The zero-order chi connectivity index (χ0) is 13.7. The number of aromatic amines is 1. The van der Waals surface area contributed by atoms with E-state index in [0.717, 1.165) is 5.39 Å². The quantitative estimate of drug-likeness (QED) is 0.662. The van der Waals surface area contributed by atoms with Gasteiger partial charge in [0, 0.05) is 11.6 Å². The summed E-state index contributed by atoms with van der Waals surface area (Å²) >= 11 is 0. The van der Waals surface area contributed by atoms with Gasteiger partial charge < -0.3 is 0 Å². The molecule has 6 nitrogen and oxygen atoms in total. The molecule has 2 N–H and O–H groups in total. The Labute approximate surface area is 109 Å². The molecule has 0 fully saturated rings. The molecule has 0 saturated heterocycles. The minimum absolute atomic E-state index is 0.0457. The monoisotopic (exact) mass is 277 g/mol. The molecule has 3 aromatic rings. The highest BCUT2D eigenvalue weighted by Crippen LogP contribution is 2.21.